The molecule has 0 unspecified atom stereocenters. The quantitative estimate of drug-likeness (QED) is 0.642. The minimum absolute atomic E-state index is 0.0870. The van der Waals surface area contributed by atoms with E-state index in [1.807, 2.05) is 6.07 Å². The van der Waals surface area contributed by atoms with Gasteiger partial charge in [0.15, 0.2) is 9.84 Å². The summed E-state index contributed by atoms with van der Waals surface area (Å²) in [5.74, 6) is -0.154. The third-order valence-corrected chi connectivity index (χ3v) is 4.85. The van der Waals surface area contributed by atoms with Crippen molar-refractivity contribution < 1.29 is 13.3 Å². The Morgan fingerprint density at radius 2 is 1.87 bits per heavy atom. The van der Waals surface area contributed by atoms with Crippen LogP contribution in [-0.4, -0.2) is 25.6 Å². The van der Waals surface area contributed by atoms with Gasteiger partial charge in [0.05, 0.1) is 26.8 Å². The topological polar surface area (TPSA) is 113 Å². The predicted octanol–water partition coefficient (Wildman–Crippen LogP) is 2.35. The summed E-state index contributed by atoms with van der Waals surface area (Å²) in [6.07, 6.45) is 0. The molecule has 0 saturated carbocycles. The van der Waals surface area contributed by atoms with Gasteiger partial charge in [0.1, 0.15) is 6.07 Å². The van der Waals surface area contributed by atoms with E-state index in [2.05, 4.69) is 5.32 Å². The monoisotopic (exact) mass is 331 g/mol. The number of nitrogens with zero attached hydrogens (tertiary/aromatic N) is 2. The van der Waals surface area contributed by atoms with E-state index in [1.54, 1.807) is 18.2 Å². The third kappa shape index (κ3) is 4.05. The summed E-state index contributed by atoms with van der Waals surface area (Å²) in [6.45, 7) is 0.0870. The minimum atomic E-state index is -3.43. The highest BCUT2D eigenvalue weighted by Gasteiger charge is 2.14. The zero-order valence-electron chi connectivity index (χ0n) is 12.0. The SMILES string of the molecule is N#Cc1cc([N+](=O)[O-])ccc1NCCS(=O)(=O)c1ccccc1. The van der Waals surface area contributed by atoms with Crippen molar-refractivity contribution >= 4 is 21.2 Å². The van der Waals surface area contributed by atoms with Crippen molar-refractivity contribution in [3.8, 4) is 6.07 Å². The van der Waals surface area contributed by atoms with Crippen molar-refractivity contribution in [2.75, 3.05) is 17.6 Å². The Hall–Kier alpha value is -2.92. The van der Waals surface area contributed by atoms with E-state index >= 15 is 0 Å². The van der Waals surface area contributed by atoms with Crippen LogP contribution in [0.1, 0.15) is 5.56 Å². The smallest absolute Gasteiger partial charge is 0.270 e. The molecule has 0 fully saturated rings. The zero-order chi connectivity index (χ0) is 16.9. The maximum Gasteiger partial charge on any atom is 0.270 e. The lowest BCUT2D eigenvalue weighted by Gasteiger charge is -2.09. The first kappa shape index (κ1) is 16.5. The highest BCUT2D eigenvalue weighted by Crippen LogP contribution is 2.21. The van der Waals surface area contributed by atoms with Gasteiger partial charge in [-0.3, -0.25) is 10.1 Å². The molecule has 7 nitrogen and oxygen atoms in total. The average Bonchev–Trinajstić information content (AvgIpc) is 2.55. The molecular weight excluding hydrogens is 318 g/mol. The van der Waals surface area contributed by atoms with Crippen LogP contribution >= 0.6 is 0 Å². The third-order valence-electron chi connectivity index (χ3n) is 3.12. The van der Waals surface area contributed by atoms with E-state index in [-0.39, 0.29) is 28.4 Å². The first-order chi connectivity index (χ1) is 10.9. The number of nitrogens with one attached hydrogen (secondary N) is 1. The van der Waals surface area contributed by atoms with Gasteiger partial charge in [-0.05, 0) is 18.2 Å². The van der Waals surface area contributed by atoms with Crippen LogP contribution < -0.4 is 5.32 Å². The standard InChI is InChI=1S/C15H13N3O4S/c16-11-12-10-13(18(19)20)6-7-15(12)17-8-9-23(21,22)14-4-2-1-3-5-14/h1-7,10,17H,8-9H2. The Kier molecular flexibility index (Phi) is 4.93. The van der Waals surface area contributed by atoms with Crippen LogP contribution in [0.5, 0.6) is 0 Å². The molecule has 2 rings (SSSR count). The molecule has 0 radical (unpaired) electrons. The van der Waals surface area contributed by atoms with Gasteiger partial charge >= 0.3 is 0 Å². The number of rotatable bonds is 6. The van der Waals surface area contributed by atoms with Crippen LogP contribution in [0.2, 0.25) is 0 Å². The first-order valence-electron chi connectivity index (χ1n) is 6.64. The van der Waals surface area contributed by atoms with Crippen LogP contribution in [0.15, 0.2) is 53.4 Å². The van der Waals surface area contributed by atoms with Crippen molar-refractivity contribution in [2.45, 2.75) is 4.90 Å². The number of anilines is 1. The Morgan fingerprint density at radius 3 is 2.48 bits per heavy atom. The van der Waals surface area contributed by atoms with Gasteiger partial charge in [0, 0.05) is 18.7 Å². The summed E-state index contributed by atoms with van der Waals surface area (Å²) < 4.78 is 24.3. The molecule has 0 heterocycles. The fraction of sp³-hybridized carbons (Fsp3) is 0.133. The van der Waals surface area contributed by atoms with Crippen LogP contribution in [0, 0.1) is 21.4 Å². The predicted molar refractivity (Wildman–Crippen MR) is 84.8 cm³/mol. The summed E-state index contributed by atoms with van der Waals surface area (Å²) >= 11 is 0. The highest BCUT2D eigenvalue weighted by molar-refractivity contribution is 7.91. The minimum Gasteiger partial charge on any atom is -0.383 e. The fourth-order valence-electron chi connectivity index (χ4n) is 1.96. The Balaban J connectivity index is 2.07. The number of nitro groups is 1. The molecule has 23 heavy (non-hydrogen) atoms. The molecule has 118 valence electrons. The lowest BCUT2D eigenvalue weighted by Crippen LogP contribution is -2.16. The number of hydrogen-bond donors (Lipinski definition) is 1. The molecule has 0 aliphatic rings. The van der Waals surface area contributed by atoms with Crippen molar-refractivity contribution in [2.24, 2.45) is 0 Å². The number of non-ortho nitro benzene ring substituents is 1. The van der Waals surface area contributed by atoms with Gasteiger partial charge in [-0.2, -0.15) is 5.26 Å². The van der Waals surface area contributed by atoms with Crippen molar-refractivity contribution in [3.05, 3.63) is 64.2 Å². The lowest BCUT2D eigenvalue weighted by molar-refractivity contribution is -0.384. The second kappa shape index (κ2) is 6.89. The van der Waals surface area contributed by atoms with E-state index in [9.17, 15) is 18.5 Å². The average molecular weight is 331 g/mol. The summed E-state index contributed by atoms with van der Waals surface area (Å²) in [5.41, 5.74) is 0.265. The Morgan fingerprint density at radius 1 is 1.17 bits per heavy atom. The number of hydrogen-bond acceptors (Lipinski definition) is 6. The fourth-order valence-corrected chi connectivity index (χ4v) is 3.14. The van der Waals surface area contributed by atoms with Crippen LogP contribution in [-0.2, 0) is 9.84 Å². The van der Waals surface area contributed by atoms with E-state index in [1.165, 1.54) is 24.3 Å². The molecule has 0 aromatic heterocycles. The maximum atomic E-state index is 12.1. The molecule has 0 spiro atoms. The Labute approximate surface area is 133 Å². The molecule has 0 amide bonds. The molecular formula is C15H13N3O4S. The lowest BCUT2D eigenvalue weighted by atomic mass is 10.1. The van der Waals surface area contributed by atoms with E-state index < -0.39 is 14.8 Å². The van der Waals surface area contributed by atoms with E-state index in [4.69, 9.17) is 5.26 Å². The highest BCUT2D eigenvalue weighted by atomic mass is 32.2. The van der Waals surface area contributed by atoms with Crippen molar-refractivity contribution in [1.82, 2.24) is 0 Å². The van der Waals surface area contributed by atoms with Crippen molar-refractivity contribution in [1.29, 1.82) is 5.26 Å². The van der Waals surface area contributed by atoms with E-state index in [0.717, 1.165) is 6.07 Å². The maximum absolute atomic E-state index is 12.1. The van der Waals surface area contributed by atoms with Crippen molar-refractivity contribution in [3.63, 3.8) is 0 Å². The first-order valence-corrected chi connectivity index (χ1v) is 8.29. The van der Waals surface area contributed by atoms with Gasteiger partial charge in [-0.25, -0.2) is 8.42 Å². The van der Waals surface area contributed by atoms with Gasteiger partial charge in [0.25, 0.3) is 5.69 Å². The van der Waals surface area contributed by atoms with E-state index in [0.29, 0.717) is 5.69 Å². The summed E-state index contributed by atoms with van der Waals surface area (Å²) in [4.78, 5) is 10.3. The number of sulfone groups is 1. The van der Waals surface area contributed by atoms with Gasteiger partial charge < -0.3 is 5.32 Å². The van der Waals surface area contributed by atoms with Gasteiger partial charge in [-0.1, -0.05) is 18.2 Å². The summed E-state index contributed by atoms with van der Waals surface area (Å²) in [5, 5.41) is 22.5. The second-order valence-electron chi connectivity index (χ2n) is 4.66. The molecule has 0 bridgehead atoms. The molecule has 0 atom stereocenters. The van der Waals surface area contributed by atoms with Crippen LogP contribution in [0.25, 0.3) is 0 Å². The molecule has 2 aromatic rings. The second-order valence-corrected chi connectivity index (χ2v) is 6.77. The number of nitro benzene ring substituents is 1. The van der Waals surface area contributed by atoms with Crippen LogP contribution in [0.3, 0.4) is 0 Å². The summed E-state index contributed by atoms with van der Waals surface area (Å²) in [7, 11) is -3.43. The normalized spacial score (nSPS) is 10.7. The van der Waals surface area contributed by atoms with Crippen LogP contribution in [0.4, 0.5) is 11.4 Å². The van der Waals surface area contributed by atoms with Gasteiger partial charge in [0.2, 0.25) is 0 Å². The molecule has 0 saturated heterocycles. The molecule has 0 aliphatic heterocycles. The molecule has 1 N–H and O–H groups in total. The largest absolute Gasteiger partial charge is 0.383 e. The number of nitriles is 1. The molecule has 2 aromatic carbocycles. The zero-order valence-corrected chi connectivity index (χ0v) is 12.8. The Bertz CT molecular complexity index is 858. The molecule has 8 heteroatoms. The molecule has 0 aliphatic carbocycles. The summed E-state index contributed by atoms with van der Waals surface area (Å²) in [6, 6.07) is 13.7. The number of benzene rings is 2. The van der Waals surface area contributed by atoms with Gasteiger partial charge in [-0.15, -0.1) is 0 Å².